The van der Waals surface area contributed by atoms with Crippen molar-refractivity contribution >= 4 is 62.7 Å². The summed E-state index contributed by atoms with van der Waals surface area (Å²) >= 11 is 8.74. The second-order valence-electron chi connectivity index (χ2n) is 8.22. The van der Waals surface area contributed by atoms with Crippen LogP contribution in [0.3, 0.4) is 0 Å². The monoisotopic (exact) mass is 557 g/mol. The minimum Gasteiger partial charge on any atom is -0.483 e. The van der Waals surface area contributed by atoms with E-state index in [1.807, 2.05) is 32.0 Å². The van der Waals surface area contributed by atoms with Gasteiger partial charge < -0.3 is 14.4 Å². The molecule has 4 rings (SSSR count). The fourth-order valence-corrected chi connectivity index (χ4v) is 4.65. The van der Waals surface area contributed by atoms with Crippen molar-refractivity contribution in [1.82, 2.24) is 10.2 Å². The molecule has 0 unspecified atom stereocenters. The van der Waals surface area contributed by atoms with Gasteiger partial charge in [0.05, 0.1) is 23.4 Å². The normalized spacial score (nSPS) is 17.6. The van der Waals surface area contributed by atoms with Crippen molar-refractivity contribution in [3.8, 4) is 5.75 Å². The zero-order valence-corrected chi connectivity index (χ0v) is 21.7. The summed E-state index contributed by atoms with van der Waals surface area (Å²) < 4.78 is 11.5. The molecule has 2 aromatic rings. The van der Waals surface area contributed by atoms with Crippen LogP contribution < -0.4 is 15.0 Å². The highest BCUT2D eigenvalue weighted by molar-refractivity contribution is 9.10. The molecule has 2 aromatic carbocycles. The lowest BCUT2D eigenvalue weighted by Gasteiger charge is -2.30. The van der Waals surface area contributed by atoms with Gasteiger partial charge in [-0.15, -0.1) is 0 Å². The number of ether oxygens (including phenoxy) is 2. The smallest absolute Gasteiger partial charge is 0.270 e. The van der Waals surface area contributed by atoms with Crippen LogP contribution in [-0.2, 0) is 19.1 Å². The lowest BCUT2D eigenvalue weighted by molar-refractivity contribution is -0.137. The van der Waals surface area contributed by atoms with Crippen molar-refractivity contribution in [1.29, 1.82) is 0 Å². The summed E-state index contributed by atoms with van der Waals surface area (Å²) in [7, 11) is 0. The summed E-state index contributed by atoms with van der Waals surface area (Å²) in [6.45, 7) is 5.90. The van der Waals surface area contributed by atoms with E-state index in [4.69, 9.17) is 21.7 Å². The lowest BCUT2D eigenvalue weighted by atomic mass is 10.0. The molecule has 0 aliphatic carbocycles. The number of benzene rings is 2. The molecule has 182 valence electrons. The molecule has 2 aliphatic heterocycles. The van der Waals surface area contributed by atoms with E-state index in [1.54, 1.807) is 23.1 Å². The number of halogens is 1. The van der Waals surface area contributed by atoms with Crippen LogP contribution >= 0.6 is 28.1 Å². The highest BCUT2D eigenvalue weighted by Gasteiger charge is 2.35. The molecular formula is C25H24BrN3O5S. The number of carbonyl (C=O) groups excluding carboxylic acids is 3. The van der Waals surface area contributed by atoms with Crippen molar-refractivity contribution in [3.05, 3.63) is 63.1 Å². The van der Waals surface area contributed by atoms with Gasteiger partial charge in [-0.2, -0.15) is 0 Å². The third-order valence-corrected chi connectivity index (χ3v) is 6.58. The van der Waals surface area contributed by atoms with E-state index in [0.717, 1.165) is 11.1 Å². The molecule has 0 radical (unpaired) electrons. The zero-order valence-electron chi connectivity index (χ0n) is 19.3. The van der Waals surface area contributed by atoms with Crippen LogP contribution in [0.25, 0.3) is 6.08 Å². The highest BCUT2D eigenvalue weighted by atomic mass is 79.9. The number of carbonyl (C=O) groups is 3. The van der Waals surface area contributed by atoms with Gasteiger partial charge in [-0.1, -0.05) is 23.8 Å². The Labute approximate surface area is 217 Å². The Morgan fingerprint density at radius 3 is 2.60 bits per heavy atom. The molecule has 10 heteroatoms. The molecular weight excluding hydrogens is 534 g/mol. The Bertz CT molecular complexity index is 1240. The molecule has 2 heterocycles. The van der Waals surface area contributed by atoms with Crippen LogP contribution in [0.2, 0.25) is 0 Å². The average Bonchev–Trinajstić information content (AvgIpc) is 2.82. The van der Waals surface area contributed by atoms with E-state index in [9.17, 15) is 14.4 Å². The lowest BCUT2D eigenvalue weighted by Crippen LogP contribution is -2.54. The van der Waals surface area contributed by atoms with Crippen molar-refractivity contribution in [2.24, 2.45) is 0 Å². The second-order valence-corrected chi connectivity index (χ2v) is 9.46. The van der Waals surface area contributed by atoms with Gasteiger partial charge in [-0.3, -0.25) is 24.6 Å². The van der Waals surface area contributed by atoms with Gasteiger partial charge in [0.15, 0.2) is 11.7 Å². The van der Waals surface area contributed by atoms with E-state index >= 15 is 0 Å². The molecule has 8 nitrogen and oxygen atoms in total. The fraction of sp³-hybridized carbons (Fsp3) is 0.280. The standard InChI is InChI=1S/C25H24BrN3O5S/c1-15-3-5-20(16(2)11-15)29-24(32)18(23(31)27-25(29)35)12-17-4-6-21(19(26)13-17)34-14-22(30)28-7-9-33-10-8-28/h3-6,11-13H,7-10,14H2,1-2H3,(H,27,31,35)/b18-12+. The summed E-state index contributed by atoms with van der Waals surface area (Å²) in [4.78, 5) is 41.3. The first-order chi connectivity index (χ1) is 16.7. The number of hydrogen-bond acceptors (Lipinski definition) is 6. The summed E-state index contributed by atoms with van der Waals surface area (Å²) in [5, 5.41) is 2.64. The number of aryl methyl sites for hydroxylation is 2. The minimum atomic E-state index is -0.562. The third kappa shape index (κ3) is 5.61. The number of anilines is 1. The van der Waals surface area contributed by atoms with Crippen LogP contribution in [-0.4, -0.2) is 60.6 Å². The van der Waals surface area contributed by atoms with Gasteiger partial charge >= 0.3 is 0 Å². The summed E-state index contributed by atoms with van der Waals surface area (Å²) in [6.07, 6.45) is 1.50. The first-order valence-corrected chi connectivity index (χ1v) is 12.2. The topological polar surface area (TPSA) is 88.2 Å². The fourth-order valence-electron chi connectivity index (χ4n) is 3.87. The van der Waals surface area contributed by atoms with Gasteiger partial charge in [0, 0.05) is 13.1 Å². The van der Waals surface area contributed by atoms with E-state index in [2.05, 4.69) is 21.2 Å². The number of amides is 3. The molecule has 2 aliphatic rings. The van der Waals surface area contributed by atoms with Gasteiger partial charge in [0.1, 0.15) is 11.3 Å². The quantitative estimate of drug-likeness (QED) is 0.345. The molecule has 0 aromatic heterocycles. The molecule has 2 fully saturated rings. The average molecular weight is 558 g/mol. The van der Waals surface area contributed by atoms with Crippen LogP contribution in [0, 0.1) is 13.8 Å². The van der Waals surface area contributed by atoms with Crippen LogP contribution in [0.5, 0.6) is 5.75 Å². The third-order valence-electron chi connectivity index (χ3n) is 5.68. The number of hydrogen-bond donors (Lipinski definition) is 1. The molecule has 1 N–H and O–H groups in total. The summed E-state index contributed by atoms with van der Waals surface area (Å²) in [5.74, 6) is -0.698. The summed E-state index contributed by atoms with van der Waals surface area (Å²) in [5.41, 5.74) is 3.11. The summed E-state index contributed by atoms with van der Waals surface area (Å²) in [6, 6.07) is 10.8. The Morgan fingerprint density at radius 1 is 1.17 bits per heavy atom. The zero-order chi connectivity index (χ0) is 25.1. The molecule has 0 saturated carbocycles. The molecule has 3 amide bonds. The Hall–Kier alpha value is -3.08. The maximum Gasteiger partial charge on any atom is 0.270 e. The van der Waals surface area contributed by atoms with Crippen LogP contribution in [0.4, 0.5) is 5.69 Å². The first kappa shape index (κ1) is 25.0. The van der Waals surface area contributed by atoms with E-state index in [-0.39, 0.29) is 23.2 Å². The van der Waals surface area contributed by atoms with Gasteiger partial charge in [-0.25, -0.2) is 0 Å². The predicted molar refractivity (Wildman–Crippen MR) is 139 cm³/mol. The van der Waals surface area contributed by atoms with Gasteiger partial charge in [0.25, 0.3) is 17.7 Å². The molecule has 0 atom stereocenters. The highest BCUT2D eigenvalue weighted by Crippen LogP contribution is 2.29. The van der Waals surface area contributed by atoms with Crippen molar-refractivity contribution in [2.75, 3.05) is 37.8 Å². The molecule has 0 bridgehead atoms. The van der Waals surface area contributed by atoms with Crippen molar-refractivity contribution in [3.63, 3.8) is 0 Å². The number of nitrogens with one attached hydrogen (secondary N) is 1. The number of thiocarbonyl (C=S) groups is 1. The van der Waals surface area contributed by atoms with Crippen molar-refractivity contribution in [2.45, 2.75) is 13.8 Å². The van der Waals surface area contributed by atoms with Crippen LogP contribution in [0.1, 0.15) is 16.7 Å². The van der Waals surface area contributed by atoms with E-state index in [0.29, 0.717) is 47.8 Å². The van der Waals surface area contributed by atoms with E-state index < -0.39 is 11.8 Å². The van der Waals surface area contributed by atoms with Crippen LogP contribution in [0.15, 0.2) is 46.4 Å². The number of rotatable bonds is 5. The minimum absolute atomic E-state index is 0.0401. The Kier molecular flexibility index (Phi) is 7.63. The van der Waals surface area contributed by atoms with Gasteiger partial charge in [0.2, 0.25) is 0 Å². The maximum absolute atomic E-state index is 13.3. The molecule has 2 saturated heterocycles. The Balaban J connectivity index is 1.52. The van der Waals surface area contributed by atoms with E-state index in [1.165, 1.54) is 11.0 Å². The van der Waals surface area contributed by atoms with Crippen molar-refractivity contribution < 1.29 is 23.9 Å². The Morgan fingerprint density at radius 2 is 1.91 bits per heavy atom. The number of morpholine rings is 1. The molecule has 0 spiro atoms. The number of nitrogens with zero attached hydrogens (tertiary/aromatic N) is 2. The predicted octanol–water partition coefficient (Wildman–Crippen LogP) is 3.13. The first-order valence-electron chi connectivity index (χ1n) is 11.0. The maximum atomic E-state index is 13.3. The SMILES string of the molecule is Cc1ccc(N2C(=O)/C(=C/c3ccc(OCC(=O)N4CCOCC4)c(Br)c3)C(=O)NC2=S)c(C)c1. The second kappa shape index (κ2) is 10.7. The largest absolute Gasteiger partial charge is 0.483 e. The van der Waals surface area contributed by atoms with Gasteiger partial charge in [-0.05, 0) is 77.4 Å². The molecule has 35 heavy (non-hydrogen) atoms.